The van der Waals surface area contributed by atoms with E-state index in [1.165, 1.54) is 24.3 Å². The molecule has 0 aliphatic rings. The molecule has 1 heterocycles. The standard InChI is InChI=1S/C30H28F5N3O4S/c1-2-3-13-26-36-27(29(31,32)30(33,34)35)24(19-39)38(26)18-20-14-16-21(17-15-20)23-11-7-8-12-25(23)43(41,42)37-28(40)22-9-5-4-6-10-22/h4-12,14-17,39H,2-3,13,18-19H2,1H3,(H,37,40). The first kappa shape index (κ1) is 31.8. The number of benzene rings is 3. The van der Waals surface area contributed by atoms with Crippen molar-refractivity contribution in [2.45, 2.75) is 56.3 Å². The number of rotatable bonds is 11. The first-order valence-corrected chi connectivity index (χ1v) is 14.7. The van der Waals surface area contributed by atoms with Gasteiger partial charge in [0.2, 0.25) is 0 Å². The van der Waals surface area contributed by atoms with Crippen molar-refractivity contribution in [2.24, 2.45) is 0 Å². The number of aromatic nitrogens is 2. The van der Waals surface area contributed by atoms with Gasteiger partial charge >= 0.3 is 12.1 Å². The van der Waals surface area contributed by atoms with Crippen molar-refractivity contribution in [1.82, 2.24) is 14.3 Å². The summed E-state index contributed by atoms with van der Waals surface area (Å²) in [5.41, 5.74) is -0.806. The average molecular weight is 622 g/mol. The number of halogens is 5. The van der Waals surface area contributed by atoms with E-state index in [0.717, 1.165) is 4.57 Å². The predicted octanol–water partition coefficient (Wildman–Crippen LogP) is 6.21. The lowest BCUT2D eigenvalue weighted by Gasteiger charge is -2.19. The maximum atomic E-state index is 14.3. The summed E-state index contributed by atoms with van der Waals surface area (Å²) < 4.78 is 97.8. The number of nitrogens with zero attached hydrogens (tertiary/aromatic N) is 2. The number of hydrogen-bond acceptors (Lipinski definition) is 5. The van der Waals surface area contributed by atoms with E-state index in [0.29, 0.717) is 24.0 Å². The number of aliphatic hydroxyl groups excluding tert-OH is 1. The average Bonchev–Trinajstić information content (AvgIpc) is 3.33. The summed E-state index contributed by atoms with van der Waals surface area (Å²) in [5, 5.41) is 9.83. The highest BCUT2D eigenvalue weighted by molar-refractivity contribution is 7.90. The zero-order valence-corrected chi connectivity index (χ0v) is 23.7. The van der Waals surface area contributed by atoms with Crippen LogP contribution in [0.15, 0.2) is 83.8 Å². The fourth-order valence-corrected chi connectivity index (χ4v) is 5.74. The molecule has 3 aromatic carbocycles. The number of alkyl halides is 5. The molecule has 228 valence electrons. The van der Waals surface area contributed by atoms with Gasteiger partial charge in [-0.15, -0.1) is 0 Å². The Morgan fingerprint density at radius 3 is 2.16 bits per heavy atom. The second-order valence-electron chi connectivity index (χ2n) is 9.74. The number of nitrogens with one attached hydrogen (secondary N) is 1. The molecule has 7 nitrogen and oxygen atoms in total. The van der Waals surface area contributed by atoms with Crippen molar-refractivity contribution in [1.29, 1.82) is 0 Å². The van der Waals surface area contributed by atoms with Crippen molar-refractivity contribution in [3.63, 3.8) is 0 Å². The van der Waals surface area contributed by atoms with Gasteiger partial charge in [0.05, 0.1) is 17.2 Å². The number of sulfonamides is 1. The Bertz CT molecular complexity index is 1690. The minimum atomic E-state index is -5.89. The van der Waals surface area contributed by atoms with Crippen LogP contribution in [-0.4, -0.2) is 35.2 Å². The summed E-state index contributed by atoms with van der Waals surface area (Å²) in [6.45, 7) is 0.580. The first-order chi connectivity index (χ1) is 20.3. The minimum Gasteiger partial charge on any atom is -0.390 e. The third kappa shape index (κ3) is 6.78. The zero-order chi connectivity index (χ0) is 31.4. The van der Waals surface area contributed by atoms with E-state index in [-0.39, 0.29) is 34.8 Å². The number of aryl methyl sites for hydroxylation is 1. The van der Waals surface area contributed by atoms with Crippen LogP contribution in [0.3, 0.4) is 0 Å². The minimum absolute atomic E-state index is 0.0144. The molecule has 0 fully saturated rings. The van der Waals surface area contributed by atoms with Crippen LogP contribution in [0, 0.1) is 0 Å². The normalized spacial score (nSPS) is 12.3. The SMILES string of the molecule is CCCCc1nc(C(F)(F)C(F)(F)F)c(CO)n1Cc1ccc(-c2ccccc2S(=O)(=O)NC(=O)c2ccccc2)cc1. The molecule has 13 heteroatoms. The second kappa shape index (κ2) is 12.6. The van der Waals surface area contributed by atoms with Crippen molar-refractivity contribution in [2.75, 3.05) is 0 Å². The highest BCUT2D eigenvalue weighted by atomic mass is 32.2. The van der Waals surface area contributed by atoms with Crippen LogP contribution in [-0.2, 0) is 35.5 Å². The van der Waals surface area contributed by atoms with E-state index in [4.69, 9.17) is 0 Å². The molecule has 1 aromatic heterocycles. The number of imidazole rings is 1. The molecule has 0 saturated carbocycles. The monoisotopic (exact) mass is 621 g/mol. The predicted molar refractivity (Wildman–Crippen MR) is 149 cm³/mol. The number of carbonyl (C=O) groups excluding carboxylic acids is 1. The molecule has 0 atom stereocenters. The van der Waals surface area contributed by atoms with Crippen molar-refractivity contribution in [3.05, 3.63) is 107 Å². The van der Waals surface area contributed by atoms with Gasteiger partial charge in [0, 0.05) is 24.1 Å². The Balaban J connectivity index is 1.66. The van der Waals surface area contributed by atoms with E-state index in [9.17, 15) is 40.3 Å². The molecule has 0 aliphatic heterocycles. The Kier molecular flexibility index (Phi) is 9.35. The van der Waals surface area contributed by atoms with Gasteiger partial charge in [0.25, 0.3) is 15.9 Å². The molecule has 0 aliphatic carbocycles. The third-order valence-electron chi connectivity index (χ3n) is 6.75. The molecule has 43 heavy (non-hydrogen) atoms. The van der Waals surface area contributed by atoms with Gasteiger partial charge in [-0.1, -0.05) is 74.0 Å². The lowest BCUT2D eigenvalue weighted by molar-refractivity contribution is -0.291. The van der Waals surface area contributed by atoms with Crippen molar-refractivity contribution in [3.8, 4) is 11.1 Å². The molecule has 4 rings (SSSR count). The van der Waals surface area contributed by atoms with Gasteiger partial charge in [0.1, 0.15) is 11.5 Å². The van der Waals surface area contributed by atoms with Gasteiger partial charge in [-0.3, -0.25) is 4.79 Å². The molecule has 0 unspecified atom stereocenters. The summed E-state index contributed by atoms with van der Waals surface area (Å²) in [5.74, 6) is -6.08. The molecule has 0 saturated heterocycles. The number of hydrogen-bond donors (Lipinski definition) is 2. The molecule has 1 amide bonds. The Labute approximate surface area is 245 Å². The molecule has 4 aromatic rings. The topological polar surface area (TPSA) is 101 Å². The largest absolute Gasteiger partial charge is 0.459 e. The first-order valence-electron chi connectivity index (χ1n) is 13.2. The highest BCUT2D eigenvalue weighted by Gasteiger charge is 2.61. The van der Waals surface area contributed by atoms with Gasteiger partial charge in [0.15, 0.2) is 0 Å². The Morgan fingerprint density at radius 2 is 1.56 bits per heavy atom. The molecular weight excluding hydrogens is 593 g/mol. The molecular formula is C30H28F5N3O4S. The number of unbranched alkanes of at least 4 members (excludes halogenated alkanes) is 1. The smallest absolute Gasteiger partial charge is 0.390 e. The maximum absolute atomic E-state index is 14.3. The Morgan fingerprint density at radius 1 is 0.930 bits per heavy atom. The third-order valence-corrected chi connectivity index (χ3v) is 8.14. The highest BCUT2D eigenvalue weighted by Crippen LogP contribution is 2.45. The Hall–Kier alpha value is -4.10. The lowest BCUT2D eigenvalue weighted by Crippen LogP contribution is -2.35. The fourth-order valence-electron chi connectivity index (χ4n) is 4.53. The summed E-state index contributed by atoms with van der Waals surface area (Å²) in [6, 6.07) is 20.1. The van der Waals surface area contributed by atoms with E-state index >= 15 is 0 Å². The van der Waals surface area contributed by atoms with Crippen LogP contribution < -0.4 is 4.72 Å². The summed E-state index contributed by atoms with van der Waals surface area (Å²) >= 11 is 0. The van der Waals surface area contributed by atoms with Crippen LogP contribution in [0.1, 0.15) is 52.9 Å². The van der Waals surface area contributed by atoms with Crippen LogP contribution in [0.5, 0.6) is 0 Å². The summed E-state index contributed by atoms with van der Waals surface area (Å²) in [7, 11) is -4.29. The number of amides is 1. The van der Waals surface area contributed by atoms with Crippen molar-refractivity contribution < 1.29 is 40.3 Å². The zero-order valence-electron chi connectivity index (χ0n) is 22.9. The molecule has 0 bridgehead atoms. The second-order valence-corrected chi connectivity index (χ2v) is 11.4. The van der Waals surface area contributed by atoms with E-state index in [1.807, 2.05) is 6.92 Å². The van der Waals surface area contributed by atoms with Crippen LogP contribution in [0.2, 0.25) is 0 Å². The van der Waals surface area contributed by atoms with Crippen LogP contribution in [0.4, 0.5) is 22.0 Å². The number of aliphatic hydroxyl groups is 1. The van der Waals surface area contributed by atoms with Gasteiger partial charge in [-0.2, -0.15) is 22.0 Å². The van der Waals surface area contributed by atoms with E-state index < -0.39 is 46.0 Å². The quantitative estimate of drug-likeness (QED) is 0.194. The fraction of sp³-hybridized carbons (Fsp3) is 0.267. The van der Waals surface area contributed by atoms with E-state index in [1.54, 1.807) is 54.6 Å². The summed E-state index contributed by atoms with van der Waals surface area (Å²) in [6.07, 6.45) is -4.66. The maximum Gasteiger partial charge on any atom is 0.459 e. The molecule has 0 spiro atoms. The van der Waals surface area contributed by atoms with Crippen LogP contribution in [0.25, 0.3) is 11.1 Å². The number of carbonyl (C=O) groups is 1. The lowest BCUT2D eigenvalue weighted by atomic mass is 10.0. The van der Waals surface area contributed by atoms with Gasteiger partial charge in [-0.25, -0.2) is 18.1 Å². The van der Waals surface area contributed by atoms with Crippen molar-refractivity contribution >= 4 is 15.9 Å². The van der Waals surface area contributed by atoms with E-state index in [2.05, 4.69) is 9.71 Å². The molecule has 0 radical (unpaired) electrons. The van der Waals surface area contributed by atoms with Crippen LogP contribution >= 0.6 is 0 Å². The van der Waals surface area contributed by atoms with Gasteiger partial charge < -0.3 is 9.67 Å². The molecule has 2 N–H and O–H groups in total. The van der Waals surface area contributed by atoms with Gasteiger partial charge in [-0.05, 0) is 35.7 Å². The summed E-state index contributed by atoms with van der Waals surface area (Å²) in [4.78, 5) is 16.0.